The molecule has 0 N–H and O–H groups in total. The van der Waals surface area contributed by atoms with Crippen molar-refractivity contribution in [2.24, 2.45) is 5.92 Å². The summed E-state index contributed by atoms with van der Waals surface area (Å²) in [6.45, 7) is 1.70. The molecule has 6 nitrogen and oxygen atoms in total. The van der Waals surface area contributed by atoms with Crippen LogP contribution in [0.15, 0.2) is 36.4 Å². The SMILES string of the molecule is CCOC(=O)ON1c2ccc(C(F)(F)F)cc2[C@@H](N(Cc2cc(C(F)(F)F)cc(C(F)(F)F)c2)C(C)=O)C[C@H]1C1CC1. The lowest BCUT2D eigenvalue weighted by Crippen LogP contribution is -2.47. The highest BCUT2D eigenvalue weighted by Gasteiger charge is 2.47. The van der Waals surface area contributed by atoms with Crippen LogP contribution in [-0.2, 0) is 39.4 Å². The van der Waals surface area contributed by atoms with Gasteiger partial charge < -0.3 is 14.5 Å². The molecule has 2 aromatic carbocycles. The number of hydrogen-bond acceptors (Lipinski definition) is 5. The maximum absolute atomic E-state index is 13.7. The number of halogens is 9. The van der Waals surface area contributed by atoms with Crippen molar-refractivity contribution in [3.05, 3.63) is 64.2 Å². The first-order valence-electron chi connectivity index (χ1n) is 12.8. The number of rotatable bonds is 6. The summed E-state index contributed by atoms with van der Waals surface area (Å²) in [6, 6.07) is 1.52. The summed E-state index contributed by atoms with van der Waals surface area (Å²) in [5.74, 6) is -0.916. The van der Waals surface area contributed by atoms with Gasteiger partial charge in [-0.05, 0) is 74.1 Å². The van der Waals surface area contributed by atoms with E-state index >= 15 is 0 Å². The molecule has 2 aliphatic rings. The van der Waals surface area contributed by atoms with E-state index < -0.39 is 71.5 Å². The molecule has 42 heavy (non-hydrogen) atoms. The number of benzene rings is 2. The highest BCUT2D eigenvalue weighted by atomic mass is 19.4. The maximum atomic E-state index is 13.7. The Morgan fingerprint density at radius 1 is 0.881 bits per heavy atom. The highest BCUT2D eigenvalue weighted by Crippen LogP contribution is 2.50. The van der Waals surface area contributed by atoms with Crippen LogP contribution in [0.4, 0.5) is 50.0 Å². The van der Waals surface area contributed by atoms with Gasteiger partial charge in [0, 0.05) is 19.0 Å². The van der Waals surface area contributed by atoms with Crippen LogP contribution in [0.2, 0.25) is 0 Å². The molecular formula is C27H25F9N2O4. The first-order valence-corrected chi connectivity index (χ1v) is 12.8. The summed E-state index contributed by atoms with van der Waals surface area (Å²) in [5, 5.41) is 1.12. The normalized spacial score (nSPS) is 19.3. The molecule has 230 valence electrons. The minimum atomic E-state index is -5.14. The van der Waals surface area contributed by atoms with Crippen LogP contribution in [-0.4, -0.2) is 29.6 Å². The summed E-state index contributed by atoms with van der Waals surface area (Å²) in [6.07, 6.45) is -15.1. The lowest BCUT2D eigenvalue weighted by molar-refractivity contribution is -0.143. The first-order chi connectivity index (χ1) is 19.4. The third kappa shape index (κ3) is 6.86. The van der Waals surface area contributed by atoms with Gasteiger partial charge in [-0.1, -0.05) is 0 Å². The van der Waals surface area contributed by atoms with Gasteiger partial charge in [0.25, 0.3) is 0 Å². The second-order valence-electron chi connectivity index (χ2n) is 10.1. The van der Waals surface area contributed by atoms with Crippen molar-refractivity contribution in [2.45, 2.75) is 70.3 Å². The minimum Gasteiger partial charge on any atom is -0.433 e. The fraction of sp³-hybridized carbons (Fsp3) is 0.481. The van der Waals surface area contributed by atoms with Crippen LogP contribution in [0.25, 0.3) is 0 Å². The van der Waals surface area contributed by atoms with Gasteiger partial charge in [0.2, 0.25) is 5.91 Å². The number of ether oxygens (including phenoxy) is 1. The van der Waals surface area contributed by atoms with Gasteiger partial charge >= 0.3 is 24.7 Å². The number of alkyl halides is 9. The summed E-state index contributed by atoms with van der Waals surface area (Å²) in [5.41, 5.74) is -4.99. The zero-order valence-electron chi connectivity index (χ0n) is 22.2. The van der Waals surface area contributed by atoms with E-state index in [2.05, 4.69) is 0 Å². The van der Waals surface area contributed by atoms with Gasteiger partial charge in [0.1, 0.15) is 0 Å². The monoisotopic (exact) mass is 612 g/mol. The second kappa shape index (κ2) is 11.2. The van der Waals surface area contributed by atoms with E-state index in [1.54, 1.807) is 0 Å². The van der Waals surface area contributed by atoms with E-state index in [1.165, 1.54) is 6.92 Å². The second-order valence-corrected chi connectivity index (χ2v) is 10.1. The van der Waals surface area contributed by atoms with Gasteiger partial charge in [-0.3, -0.25) is 4.79 Å². The summed E-state index contributed by atoms with van der Waals surface area (Å²) in [7, 11) is 0. The molecule has 1 aliphatic heterocycles. The Bertz CT molecular complexity index is 1300. The lowest BCUT2D eigenvalue weighted by Gasteiger charge is -2.44. The molecule has 0 aromatic heterocycles. The molecule has 0 radical (unpaired) electrons. The summed E-state index contributed by atoms with van der Waals surface area (Å²) >= 11 is 0. The van der Waals surface area contributed by atoms with Crippen molar-refractivity contribution in [1.29, 1.82) is 0 Å². The fourth-order valence-corrected chi connectivity index (χ4v) is 5.08. The number of anilines is 1. The zero-order chi connectivity index (χ0) is 31.2. The minimum absolute atomic E-state index is 0.0181. The smallest absolute Gasteiger partial charge is 0.433 e. The predicted molar refractivity (Wildman–Crippen MR) is 129 cm³/mol. The van der Waals surface area contributed by atoms with Crippen LogP contribution >= 0.6 is 0 Å². The molecular weight excluding hydrogens is 587 g/mol. The van der Waals surface area contributed by atoms with E-state index in [9.17, 15) is 49.1 Å². The molecule has 1 fully saturated rings. The topological polar surface area (TPSA) is 59.1 Å². The molecule has 1 heterocycles. The van der Waals surface area contributed by atoms with Crippen molar-refractivity contribution in [3.63, 3.8) is 0 Å². The van der Waals surface area contributed by atoms with Crippen LogP contribution in [0.3, 0.4) is 0 Å². The average molecular weight is 612 g/mol. The van der Waals surface area contributed by atoms with E-state index in [4.69, 9.17) is 9.57 Å². The first kappa shape index (κ1) is 31.3. The Labute approximate surface area is 233 Å². The largest absolute Gasteiger partial charge is 0.533 e. The number of carbonyl (C=O) groups excluding carboxylic acids is 2. The van der Waals surface area contributed by atoms with Crippen molar-refractivity contribution in [2.75, 3.05) is 11.7 Å². The molecule has 0 unspecified atom stereocenters. The fourth-order valence-electron chi connectivity index (χ4n) is 5.08. The molecule has 0 bridgehead atoms. The number of hydrogen-bond donors (Lipinski definition) is 0. The van der Waals surface area contributed by atoms with Crippen LogP contribution < -0.4 is 5.06 Å². The van der Waals surface area contributed by atoms with Gasteiger partial charge in [-0.2, -0.15) is 44.6 Å². The lowest BCUT2D eigenvalue weighted by atomic mass is 9.87. The average Bonchev–Trinajstić information content (AvgIpc) is 3.71. The van der Waals surface area contributed by atoms with Crippen LogP contribution in [0.5, 0.6) is 0 Å². The van der Waals surface area contributed by atoms with Gasteiger partial charge in [-0.25, -0.2) is 4.79 Å². The number of fused-ring (bicyclic) bond motifs is 1. The van der Waals surface area contributed by atoms with Gasteiger partial charge in [-0.15, -0.1) is 0 Å². The van der Waals surface area contributed by atoms with Crippen molar-refractivity contribution in [3.8, 4) is 0 Å². The molecule has 4 rings (SSSR count). The Morgan fingerprint density at radius 2 is 1.45 bits per heavy atom. The van der Waals surface area contributed by atoms with Gasteiger partial charge in [0.15, 0.2) is 0 Å². The van der Waals surface area contributed by atoms with E-state index in [-0.39, 0.29) is 36.3 Å². The molecule has 1 aliphatic carbocycles. The van der Waals surface area contributed by atoms with Crippen molar-refractivity contribution < 1.29 is 58.7 Å². The van der Waals surface area contributed by atoms with Crippen molar-refractivity contribution in [1.82, 2.24) is 4.90 Å². The van der Waals surface area contributed by atoms with Crippen LogP contribution in [0, 0.1) is 5.92 Å². The Hall–Kier alpha value is -3.65. The Morgan fingerprint density at radius 3 is 1.93 bits per heavy atom. The molecule has 1 amide bonds. The third-order valence-electron chi connectivity index (χ3n) is 7.10. The molecule has 1 saturated carbocycles. The predicted octanol–water partition coefficient (Wildman–Crippen LogP) is 7.91. The number of nitrogens with zero attached hydrogens (tertiary/aromatic N) is 2. The van der Waals surface area contributed by atoms with E-state index in [1.807, 2.05) is 0 Å². The Balaban J connectivity index is 1.83. The maximum Gasteiger partial charge on any atom is 0.533 e. The van der Waals surface area contributed by atoms with E-state index in [0.29, 0.717) is 25.0 Å². The van der Waals surface area contributed by atoms with Crippen molar-refractivity contribution >= 4 is 17.7 Å². The molecule has 2 atom stereocenters. The van der Waals surface area contributed by atoms with Gasteiger partial charge in [0.05, 0.1) is 41.1 Å². The number of hydroxylamine groups is 1. The Kier molecular flexibility index (Phi) is 8.35. The molecule has 0 spiro atoms. The molecule has 0 saturated heterocycles. The van der Waals surface area contributed by atoms with Crippen LogP contribution in [0.1, 0.15) is 67.0 Å². The third-order valence-corrected chi connectivity index (χ3v) is 7.10. The summed E-state index contributed by atoms with van der Waals surface area (Å²) in [4.78, 5) is 31.4. The summed E-state index contributed by atoms with van der Waals surface area (Å²) < 4.78 is 127. The van der Waals surface area contributed by atoms with E-state index in [0.717, 1.165) is 35.1 Å². The zero-order valence-corrected chi connectivity index (χ0v) is 22.2. The number of amides is 1. The standard InChI is InChI=1S/C27H25F9N2O4/c1-3-41-24(40)42-38-21-7-6-17(25(28,29)30)11-20(21)23(12-22(38)16-4-5-16)37(14(2)39)13-15-8-18(26(31,32)33)10-19(9-15)27(34,35)36/h6-11,16,22-23H,3-5,12-13H2,1-2H3/t22-,23-/m0/s1. The highest BCUT2D eigenvalue weighted by molar-refractivity contribution is 5.75. The number of carbonyl (C=O) groups is 2. The molecule has 2 aromatic rings. The quantitative estimate of drug-likeness (QED) is 0.245. The molecule has 15 heteroatoms.